The molecule has 3 nitrogen and oxygen atoms in total. The Bertz CT molecular complexity index is 416. The van der Waals surface area contributed by atoms with Crippen LogP contribution in [0.1, 0.15) is 30.4 Å². The third-order valence-corrected chi connectivity index (χ3v) is 4.68. The zero-order chi connectivity index (χ0) is 13.5. The van der Waals surface area contributed by atoms with E-state index in [1.165, 1.54) is 24.3 Å². The lowest BCUT2D eigenvalue weighted by molar-refractivity contribution is -0.122. The molecule has 0 saturated carbocycles. The molecule has 0 aromatic heterocycles. The molecule has 1 fully saturated rings. The lowest BCUT2D eigenvalue weighted by atomic mass is 9.98. The van der Waals surface area contributed by atoms with E-state index < -0.39 is 0 Å². The van der Waals surface area contributed by atoms with E-state index in [0.29, 0.717) is 25.4 Å². The predicted molar refractivity (Wildman–Crippen MR) is 80.8 cm³/mol. The fourth-order valence-electron chi connectivity index (χ4n) is 2.41. The van der Waals surface area contributed by atoms with E-state index in [2.05, 4.69) is 5.32 Å². The molecule has 4 heteroatoms. The molecule has 0 radical (unpaired) electrons. The first-order chi connectivity index (χ1) is 9.29. The van der Waals surface area contributed by atoms with Crippen molar-refractivity contribution in [2.45, 2.75) is 32.4 Å². The van der Waals surface area contributed by atoms with Gasteiger partial charge in [-0.15, -0.1) is 0 Å². The average Bonchev–Trinajstić information content (AvgIpc) is 2.46. The highest BCUT2D eigenvalue weighted by atomic mass is 32.2. The maximum absolute atomic E-state index is 11.9. The smallest absolute Gasteiger partial charge is 0.220 e. The van der Waals surface area contributed by atoms with Crippen LogP contribution in [-0.2, 0) is 17.9 Å². The van der Waals surface area contributed by atoms with Gasteiger partial charge in [-0.05, 0) is 41.4 Å². The van der Waals surface area contributed by atoms with Crippen molar-refractivity contribution in [3.8, 4) is 0 Å². The summed E-state index contributed by atoms with van der Waals surface area (Å²) in [5, 5.41) is 3.02. The Hall–Kier alpha value is -1.000. The Morgan fingerprint density at radius 1 is 1.26 bits per heavy atom. The second kappa shape index (κ2) is 7.56. The van der Waals surface area contributed by atoms with E-state index in [4.69, 9.17) is 5.73 Å². The molecule has 1 aromatic rings. The maximum atomic E-state index is 11.9. The molecule has 0 spiro atoms. The minimum Gasteiger partial charge on any atom is -0.352 e. The fraction of sp³-hybridized carbons (Fsp3) is 0.533. The van der Waals surface area contributed by atoms with Gasteiger partial charge in [0.2, 0.25) is 5.91 Å². The van der Waals surface area contributed by atoms with Crippen LogP contribution in [0.5, 0.6) is 0 Å². The van der Waals surface area contributed by atoms with Gasteiger partial charge in [-0.3, -0.25) is 4.79 Å². The quantitative estimate of drug-likeness (QED) is 0.869. The molecule has 1 aliphatic rings. The van der Waals surface area contributed by atoms with Gasteiger partial charge in [0.05, 0.1) is 0 Å². The van der Waals surface area contributed by atoms with Gasteiger partial charge in [-0.1, -0.05) is 24.3 Å². The van der Waals surface area contributed by atoms with E-state index in [-0.39, 0.29) is 5.91 Å². The largest absolute Gasteiger partial charge is 0.352 e. The lowest BCUT2D eigenvalue weighted by Crippen LogP contribution is -2.27. The fourth-order valence-corrected chi connectivity index (χ4v) is 3.61. The summed E-state index contributed by atoms with van der Waals surface area (Å²) in [4.78, 5) is 11.9. The topological polar surface area (TPSA) is 55.1 Å². The molecular formula is C15H22N2OS. The molecule has 0 unspecified atom stereocenters. The van der Waals surface area contributed by atoms with E-state index in [9.17, 15) is 4.79 Å². The molecule has 104 valence electrons. The van der Waals surface area contributed by atoms with Gasteiger partial charge in [0.25, 0.3) is 0 Å². The van der Waals surface area contributed by atoms with Gasteiger partial charge in [0.15, 0.2) is 0 Å². The summed E-state index contributed by atoms with van der Waals surface area (Å²) < 4.78 is 0. The lowest BCUT2D eigenvalue weighted by Gasteiger charge is -2.20. The van der Waals surface area contributed by atoms with Crippen molar-refractivity contribution >= 4 is 17.7 Å². The highest BCUT2D eigenvalue weighted by Gasteiger charge is 2.17. The van der Waals surface area contributed by atoms with Crippen LogP contribution >= 0.6 is 11.8 Å². The Balaban J connectivity index is 1.79. The van der Waals surface area contributed by atoms with Crippen LogP contribution in [0.2, 0.25) is 0 Å². The first-order valence-electron chi connectivity index (χ1n) is 6.91. The van der Waals surface area contributed by atoms with E-state index in [0.717, 1.165) is 11.1 Å². The van der Waals surface area contributed by atoms with Gasteiger partial charge < -0.3 is 11.1 Å². The minimum atomic E-state index is 0.170. The maximum Gasteiger partial charge on any atom is 0.220 e. The van der Waals surface area contributed by atoms with Crippen LogP contribution in [0.15, 0.2) is 24.3 Å². The Labute approximate surface area is 119 Å². The summed E-state index contributed by atoms with van der Waals surface area (Å²) in [5.41, 5.74) is 7.92. The highest BCUT2D eigenvalue weighted by Crippen LogP contribution is 2.25. The summed E-state index contributed by atoms with van der Waals surface area (Å²) in [5.74, 6) is 3.15. The van der Waals surface area contributed by atoms with Crippen molar-refractivity contribution in [2.24, 2.45) is 11.7 Å². The zero-order valence-electron chi connectivity index (χ0n) is 11.2. The van der Waals surface area contributed by atoms with Crippen LogP contribution in [-0.4, -0.2) is 17.4 Å². The molecule has 0 bridgehead atoms. The highest BCUT2D eigenvalue weighted by molar-refractivity contribution is 7.99. The van der Waals surface area contributed by atoms with Gasteiger partial charge in [-0.25, -0.2) is 0 Å². The first kappa shape index (κ1) is 14.4. The molecule has 0 aliphatic carbocycles. The molecule has 1 saturated heterocycles. The standard InChI is InChI=1S/C15H22N2OS/c16-10-13-3-1-2-4-14(13)11-17-15(18)9-12-5-7-19-8-6-12/h1-4,12H,5-11,16H2,(H,17,18). The van der Waals surface area contributed by atoms with Gasteiger partial charge in [0.1, 0.15) is 0 Å². The number of rotatable bonds is 5. The van der Waals surface area contributed by atoms with Gasteiger partial charge >= 0.3 is 0 Å². The molecule has 1 aromatic carbocycles. The van der Waals surface area contributed by atoms with Gasteiger partial charge in [0, 0.05) is 19.5 Å². The number of nitrogens with two attached hydrogens (primary N) is 1. The predicted octanol–water partition coefficient (Wildman–Crippen LogP) is 2.29. The summed E-state index contributed by atoms with van der Waals surface area (Å²) in [7, 11) is 0. The number of hydrogen-bond acceptors (Lipinski definition) is 3. The summed E-state index contributed by atoms with van der Waals surface area (Å²) in [6.07, 6.45) is 3.03. The molecular weight excluding hydrogens is 256 g/mol. The summed E-state index contributed by atoms with van der Waals surface area (Å²) >= 11 is 2.00. The number of amides is 1. The van der Waals surface area contributed by atoms with Crippen molar-refractivity contribution in [3.63, 3.8) is 0 Å². The first-order valence-corrected chi connectivity index (χ1v) is 8.06. The second-order valence-corrected chi connectivity index (χ2v) is 6.23. The Kier molecular flexibility index (Phi) is 5.73. The van der Waals surface area contributed by atoms with Crippen LogP contribution in [0.25, 0.3) is 0 Å². The summed E-state index contributed by atoms with van der Waals surface area (Å²) in [6, 6.07) is 8.01. The molecule has 19 heavy (non-hydrogen) atoms. The molecule has 0 atom stereocenters. The summed E-state index contributed by atoms with van der Waals surface area (Å²) in [6.45, 7) is 1.11. The number of thioether (sulfide) groups is 1. The van der Waals surface area contributed by atoms with Crippen molar-refractivity contribution in [1.29, 1.82) is 0 Å². The molecule has 2 rings (SSSR count). The Morgan fingerprint density at radius 3 is 2.63 bits per heavy atom. The van der Waals surface area contributed by atoms with Gasteiger partial charge in [-0.2, -0.15) is 11.8 Å². The minimum absolute atomic E-state index is 0.170. The molecule has 3 N–H and O–H groups in total. The van der Waals surface area contributed by atoms with Crippen molar-refractivity contribution in [1.82, 2.24) is 5.32 Å². The Morgan fingerprint density at radius 2 is 1.95 bits per heavy atom. The second-order valence-electron chi connectivity index (χ2n) is 5.01. The number of nitrogens with one attached hydrogen (secondary N) is 1. The van der Waals surface area contributed by atoms with E-state index >= 15 is 0 Å². The average molecular weight is 278 g/mol. The number of carbonyl (C=O) groups excluding carboxylic acids is 1. The number of hydrogen-bond donors (Lipinski definition) is 2. The van der Waals surface area contributed by atoms with E-state index in [1.807, 2.05) is 36.0 Å². The molecule has 1 amide bonds. The van der Waals surface area contributed by atoms with Crippen molar-refractivity contribution in [3.05, 3.63) is 35.4 Å². The van der Waals surface area contributed by atoms with Crippen LogP contribution < -0.4 is 11.1 Å². The van der Waals surface area contributed by atoms with E-state index in [1.54, 1.807) is 0 Å². The molecule has 1 aliphatic heterocycles. The normalized spacial score (nSPS) is 16.3. The van der Waals surface area contributed by atoms with Crippen LogP contribution in [0, 0.1) is 5.92 Å². The van der Waals surface area contributed by atoms with Crippen LogP contribution in [0.4, 0.5) is 0 Å². The number of benzene rings is 1. The number of carbonyl (C=O) groups is 1. The monoisotopic (exact) mass is 278 g/mol. The van der Waals surface area contributed by atoms with Crippen molar-refractivity contribution in [2.75, 3.05) is 11.5 Å². The van der Waals surface area contributed by atoms with Crippen LogP contribution in [0.3, 0.4) is 0 Å². The SMILES string of the molecule is NCc1ccccc1CNC(=O)CC1CCSCC1. The van der Waals surface area contributed by atoms with Crippen molar-refractivity contribution < 1.29 is 4.79 Å². The third-order valence-electron chi connectivity index (χ3n) is 3.63. The zero-order valence-corrected chi connectivity index (χ0v) is 12.0. The molecule has 1 heterocycles. The third kappa shape index (κ3) is 4.55.